The largest absolute Gasteiger partial charge is 0.370 e. The van der Waals surface area contributed by atoms with Crippen LogP contribution in [0, 0.1) is 11.8 Å². The molecule has 2 heterocycles. The molecule has 5 rings (SSSR count). The number of nitrogens with two attached hydrogens (primary N) is 2. The van der Waals surface area contributed by atoms with Crippen LogP contribution in [0.4, 0.5) is 9.59 Å². The number of aliphatic imine (C=N–C) groups is 3. The van der Waals surface area contributed by atoms with Crippen molar-refractivity contribution >= 4 is 29.7 Å². The molecule has 4 amide bonds. The maximum absolute atomic E-state index is 13.0. The lowest BCUT2D eigenvalue weighted by Crippen LogP contribution is -2.56. The average molecular weight is 586 g/mol. The number of amides is 4. The standard InChI is InChI=1S/C29H51N11O2/c1-16-14-32-25(34-16)18-5-3-7-20(11-18)36-28(41)38-22-9-10-23(24(13-22)39-27(30)31)40-29(42)37-21-8-4-6-19(12-21)26-33-15-17(2)35-26/h16-24H,3-15H2,1-2H3,(H,32,34)(H,33,35)(H4,30,31,39)(H2,36,38,41)(H2,37,40,42). The van der Waals surface area contributed by atoms with Gasteiger partial charge in [-0.3, -0.25) is 9.98 Å². The van der Waals surface area contributed by atoms with Gasteiger partial charge in [0.15, 0.2) is 5.96 Å². The van der Waals surface area contributed by atoms with Crippen molar-refractivity contribution in [3.05, 3.63) is 0 Å². The van der Waals surface area contributed by atoms with E-state index in [2.05, 4.69) is 60.7 Å². The van der Waals surface area contributed by atoms with Gasteiger partial charge in [-0.1, -0.05) is 12.8 Å². The van der Waals surface area contributed by atoms with Crippen LogP contribution in [0.15, 0.2) is 15.0 Å². The first-order valence-corrected chi connectivity index (χ1v) is 16.1. The van der Waals surface area contributed by atoms with Gasteiger partial charge < -0.3 is 43.4 Å². The van der Waals surface area contributed by atoms with E-state index in [0.29, 0.717) is 36.8 Å². The molecule has 0 bridgehead atoms. The van der Waals surface area contributed by atoms with E-state index in [9.17, 15) is 9.59 Å². The van der Waals surface area contributed by atoms with E-state index in [4.69, 9.17) is 11.5 Å². The van der Waals surface area contributed by atoms with E-state index < -0.39 is 0 Å². The summed E-state index contributed by atoms with van der Waals surface area (Å²) < 4.78 is 0. The number of nitrogens with zero attached hydrogens (tertiary/aromatic N) is 3. The van der Waals surface area contributed by atoms with Gasteiger partial charge in [0.25, 0.3) is 0 Å². The van der Waals surface area contributed by atoms with Crippen LogP contribution in [-0.2, 0) is 0 Å². The summed E-state index contributed by atoms with van der Waals surface area (Å²) in [6, 6.07) is 0.0485. The van der Waals surface area contributed by atoms with Crippen LogP contribution < -0.4 is 43.4 Å². The van der Waals surface area contributed by atoms with E-state index in [1.165, 1.54) is 0 Å². The molecule has 2 aliphatic heterocycles. The van der Waals surface area contributed by atoms with Gasteiger partial charge in [0.1, 0.15) is 0 Å². The van der Waals surface area contributed by atoms with Crippen molar-refractivity contribution in [2.24, 2.45) is 38.3 Å². The predicted octanol–water partition coefficient (Wildman–Crippen LogP) is 1.05. The Labute approximate surface area is 249 Å². The first-order chi connectivity index (χ1) is 20.2. The van der Waals surface area contributed by atoms with Crippen LogP contribution in [0.2, 0.25) is 0 Å². The molecule has 0 saturated heterocycles. The molecular weight excluding hydrogens is 534 g/mol. The number of amidine groups is 2. The second-order valence-electron chi connectivity index (χ2n) is 13.1. The zero-order chi connectivity index (χ0) is 29.6. The molecule has 0 aromatic rings. The molecule has 13 nitrogen and oxygen atoms in total. The highest BCUT2D eigenvalue weighted by Gasteiger charge is 2.35. The third kappa shape index (κ3) is 8.19. The smallest absolute Gasteiger partial charge is 0.315 e. The summed E-state index contributed by atoms with van der Waals surface area (Å²) in [6.07, 6.45) is 10.0. The lowest BCUT2D eigenvalue weighted by molar-refractivity contribution is 0.206. The van der Waals surface area contributed by atoms with Crippen LogP contribution in [0.1, 0.15) is 84.5 Å². The van der Waals surface area contributed by atoms with Gasteiger partial charge in [-0.25, -0.2) is 14.6 Å². The van der Waals surface area contributed by atoms with Gasteiger partial charge in [0.05, 0.1) is 36.8 Å². The molecule has 3 fully saturated rings. The summed E-state index contributed by atoms with van der Waals surface area (Å²) in [6.45, 7) is 5.94. The fourth-order valence-electron chi connectivity index (χ4n) is 7.38. The molecule has 42 heavy (non-hydrogen) atoms. The fraction of sp³-hybridized carbons (Fsp3) is 0.828. The van der Waals surface area contributed by atoms with Gasteiger partial charge >= 0.3 is 12.1 Å². The third-order valence-electron chi connectivity index (χ3n) is 9.44. The van der Waals surface area contributed by atoms with Crippen LogP contribution in [0.3, 0.4) is 0 Å². The van der Waals surface area contributed by atoms with Gasteiger partial charge in [-0.15, -0.1) is 0 Å². The number of guanidine groups is 1. The molecule has 0 aromatic carbocycles. The number of urea groups is 2. The number of carbonyl (C=O) groups is 2. The fourth-order valence-corrected chi connectivity index (χ4v) is 7.38. The molecule has 3 saturated carbocycles. The van der Waals surface area contributed by atoms with Crippen molar-refractivity contribution in [3.8, 4) is 0 Å². The highest BCUT2D eigenvalue weighted by molar-refractivity contribution is 5.87. The number of hydrogen-bond donors (Lipinski definition) is 8. The maximum Gasteiger partial charge on any atom is 0.315 e. The molecule has 0 aromatic heterocycles. The minimum absolute atomic E-state index is 0.0162. The van der Waals surface area contributed by atoms with Crippen molar-refractivity contribution in [2.75, 3.05) is 13.1 Å². The van der Waals surface area contributed by atoms with E-state index in [-0.39, 0.29) is 48.2 Å². The van der Waals surface area contributed by atoms with Gasteiger partial charge in [-0.2, -0.15) is 0 Å². The Bertz CT molecular complexity index is 1060. The van der Waals surface area contributed by atoms with Crippen molar-refractivity contribution in [1.82, 2.24) is 31.9 Å². The summed E-state index contributed by atoms with van der Waals surface area (Å²) in [7, 11) is 0. The van der Waals surface area contributed by atoms with Gasteiger partial charge in [0.2, 0.25) is 0 Å². The van der Waals surface area contributed by atoms with E-state index in [0.717, 1.165) is 82.5 Å². The average Bonchev–Trinajstić information content (AvgIpc) is 3.58. The Morgan fingerprint density at radius 3 is 1.69 bits per heavy atom. The SMILES string of the molecule is CC1CN=C(C2CCCC(NC(=O)NC3CCC(NC(=O)NC4CCCC(C5=NCC(C)N5)C4)C(N=C(N)N)C3)C2)N1. The Morgan fingerprint density at radius 2 is 1.21 bits per heavy atom. The second-order valence-corrected chi connectivity index (χ2v) is 13.1. The molecule has 9 atom stereocenters. The quantitative estimate of drug-likeness (QED) is 0.162. The Morgan fingerprint density at radius 1 is 0.714 bits per heavy atom. The molecule has 13 heteroatoms. The first kappa shape index (κ1) is 30.2. The molecule has 5 aliphatic rings. The topological polar surface area (TPSA) is 195 Å². The first-order valence-electron chi connectivity index (χ1n) is 16.1. The summed E-state index contributed by atoms with van der Waals surface area (Å²) in [5.41, 5.74) is 11.5. The normalized spacial score (nSPS) is 36.4. The van der Waals surface area contributed by atoms with E-state index in [1.807, 2.05) is 0 Å². The zero-order valence-corrected chi connectivity index (χ0v) is 25.2. The van der Waals surface area contributed by atoms with E-state index in [1.54, 1.807) is 0 Å². The van der Waals surface area contributed by atoms with Crippen molar-refractivity contribution < 1.29 is 9.59 Å². The highest BCUT2D eigenvalue weighted by Crippen LogP contribution is 2.28. The molecule has 0 spiro atoms. The molecule has 10 N–H and O–H groups in total. The van der Waals surface area contributed by atoms with Crippen molar-refractivity contribution in [3.63, 3.8) is 0 Å². The van der Waals surface area contributed by atoms with E-state index >= 15 is 0 Å². The van der Waals surface area contributed by atoms with Crippen LogP contribution in [0.25, 0.3) is 0 Å². The minimum Gasteiger partial charge on any atom is -0.370 e. The predicted molar refractivity (Wildman–Crippen MR) is 166 cm³/mol. The highest BCUT2D eigenvalue weighted by atomic mass is 16.2. The Hall–Kier alpha value is -3.25. The minimum atomic E-state index is -0.315. The lowest BCUT2D eigenvalue weighted by Gasteiger charge is -2.36. The Balaban J connectivity index is 1.08. The lowest BCUT2D eigenvalue weighted by atomic mass is 9.84. The molecular formula is C29H51N11O2. The van der Waals surface area contributed by atoms with Crippen LogP contribution in [0.5, 0.6) is 0 Å². The number of carbonyl (C=O) groups excluding carboxylic acids is 2. The van der Waals surface area contributed by atoms with Gasteiger partial charge in [0, 0.05) is 42.0 Å². The monoisotopic (exact) mass is 585 g/mol. The van der Waals surface area contributed by atoms with Crippen molar-refractivity contribution in [1.29, 1.82) is 0 Å². The molecule has 0 radical (unpaired) electrons. The number of rotatable bonds is 7. The summed E-state index contributed by atoms with van der Waals surface area (Å²) >= 11 is 0. The summed E-state index contributed by atoms with van der Waals surface area (Å²) in [5, 5.41) is 19.6. The van der Waals surface area contributed by atoms with Crippen molar-refractivity contribution in [2.45, 2.75) is 127 Å². The molecule has 234 valence electrons. The number of hydrogen-bond acceptors (Lipinski definition) is 7. The second kappa shape index (κ2) is 13.8. The Kier molecular flexibility index (Phi) is 9.94. The number of nitrogens with one attached hydrogen (secondary N) is 6. The van der Waals surface area contributed by atoms with Gasteiger partial charge in [-0.05, 0) is 71.6 Å². The van der Waals surface area contributed by atoms with Crippen LogP contribution >= 0.6 is 0 Å². The molecule has 9 unspecified atom stereocenters. The molecule has 3 aliphatic carbocycles. The maximum atomic E-state index is 13.0. The third-order valence-corrected chi connectivity index (χ3v) is 9.44. The van der Waals surface area contributed by atoms with Crippen LogP contribution in [-0.4, -0.2) is 85.1 Å². The zero-order valence-electron chi connectivity index (χ0n) is 25.2. The summed E-state index contributed by atoms with van der Waals surface area (Å²) in [4.78, 5) is 39.8. The summed E-state index contributed by atoms with van der Waals surface area (Å²) in [5.74, 6) is 2.92.